The third-order valence-corrected chi connectivity index (χ3v) is 3.77. The molecule has 1 aliphatic rings. The van der Waals surface area contributed by atoms with Gasteiger partial charge in [0.2, 0.25) is 0 Å². The predicted octanol–water partition coefficient (Wildman–Crippen LogP) is 1.95. The van der Waals surface area contributed by atoms with Gasteiger partial charge in [0.15, 0.2) is 5.13 Å². The third-order valence-electron chi connectivity index (χ3n) is 2.66. The topological polar surface area (TPSA) is 59.2 Å². The van der Waals surface area contributed by atoms with Gasteiger partial charge in [-0.15, -0.1) is 11.3 Å². The number of halogens is 3. The first-order chi connectivity index (χ1) is 8.37. The van der Waals surface area contributed by atoms with Gasteiger partial charge in [-0.05, 0) is 12.8 Å². The standard InChI is InChI=1S/C10H12F3N3OS/c11-10(12,13)5-6-7(8(14)17)15-9(18-6)16-3-1-2-4-16/h1-5H2,(H2,14,17). The molecule has 1 saturated heterocycles. The number of primary amides is 1. The fraction of sp³-hybridized carbons (Fsp3) is 0.600. The highest BCUT2D eigenvalue weighted by Gasteiger charge is 2.32. The summed E-state index contributed by atoms with van der Waals surface area (Å²) in [5, 5.41) is 0.459. The van der Waals surface area contributed by atoms with Crippen LogP contribution in [0.4, 0.5) is 18.3 Å². The second-order valence-corrected chi connectivity index (χ2v) is 5.18. The van der Waals surface area contributed by atoms with E-state index in [-0.39, 0.29) is 10.6 Å². The van der Waals surface area contributed by atoms with E-state index in [2.05, 4.69) is 4.98 Å². The molecular formula is C10H12F3N3OS. The zero-order chi connectivity index (χ0) is 13.3. The summed E-state index contributed by atoms with van der Waals surface area (Å²) in [6.45, 7) is 1.52. The first-order valence-electron chi connectivity index (χ1n) is 5.48. The van der Waals surface area contributed by atoms with Crippen molar-refractivity contribution in [3.63, 3.8) is 0 Å². The maximum atomic E-state index is 12.4. The molecule has 0 atom stereocenters. The van der Waals surface area contributed by atoms with Gasteiger partial charge in [0.25, 0.3) is 5.91 Å². The minimum atomic E-state index is -4.36. The van der Waals surface area contributed by atoms with Crippen LogP contribution in [-0.4, -0.2) is 30.2 Å². The van der Waals surface area contributed by atoms with Crippen LogP contribution in [0.25, 0.3) is 0 Å². The Hall–Kier alpha value is -1.31. The van der Waals surface area contributed by atoms with E-state index in [0.29, 0.717) is 5.13 Å². The summed E-state index contributed by atoms with van der Waals surface area (Å²) in [6.07, 6.45) is -3.55. The van der Waals surface area contributed by atoms with Crippen LogP contribution in [0.2, 0.25) is 0 Å². The number of rotatable bonds is 3. The van der Waals surface area contributed by atoms with Gasteiger partial charge in [0.05, 0.1) is 6.42 Å². The summed E-state index contributed by atoms with van der Waals surface area (Å²) >= 11 is 0.906. The van der Waals surface area contributed by atoms with Gasteiger partial charge in [-0.1, -0.05) is 0 Å². The van der Waals surface area contributed by atoms with Crippen LogP contribution < -0.4 is 10.6 Å². The lowest BCUT2D eigenvalue weighted by atomic mass is 10.3. The maximum absolute atomic E-state index is 12.4. The summed E-state index contributed by atoms with van der Waals surface area (Å²) in [7, 11) is 0. The second kappa shape index (κ2) is 4.75. The zero-order valence-corrected chi connectivity index (χ0v) is 10.3. The SMILES string of the molecule is NC(=O)c1nc(N2CCCC2)sc1CC(F)(F)F. The summed E-state index contributed by atoms with van der Waals surface area (Å²) in [6, 6.07) is 0. The van der Waals surface area contributed by atoms with Crippen LogP contribution in [0.3, 0.4) is 0 Å². The summed E-state index contributed by atoms with van der Waals surface area (Å²) in [5.41, 5.74) is 4.81. The fourth-order valence-corrected chi connectivity index (χ4v) is 3.03. The Balaban J connectivity index is 2.29. The van der Waals surface area contributed by atoms with E-state index in [1.807, 2.05) is 4.90 Å². The largest absolute Gasteiger partial charge is 0.393 e. The molecular weight excluding hydrogens is 267 g/mol. The summed E-state index contributed by atoms with van der Waals surface area (Å²) in [4.78, 5) is 16.8. The lowest BCUT2D eigenvalue weighted by Crippen LogP contribution is -2.19. The molecule has 1 aromatic rings. The minimum Gasteiger partial charge on any atom is -0.364 e. The quantitative estimate of drug-likeness (QED) is 0.920. The van der Waals surface area contributed by atoms with Crippen molar-refractivity contribution in [2.45, 2.75) is 25.4 Å². The van der Waals surface area contributed by atoms with Crippen molar-refractivity contribution in [3.8, 4) is 0 Å². The number of aromatic nitrogens is 1. The number of thiazole rings is 1. The van der Waals surface area contributed by atoms with E-state index in [0.717, 1.165) is 37.3 Å². The van der Waals surface area contributed by atoms with Gasteiger partial charge in [-0.25, -0.2) is 4.98 Å². The van der Waals surface area contributed by atoms with Crippen molar-refractivity contribution in [3.05, 3.63) is 10.6 Å². The molecule has 0 bridgehead atoms. The molecule has 8 heteroatoms. The second-order valence-electron chi connectivity index (χ2n) is 4.12. The lowest BCUT2D eigenvalue weighted by molar-refractivity contribution is -0.126. The Morgan fingerprint density at radius 1 is 1.39 bits per heavy atom. The summed E-state index contributed by atoms with van der Waals surface area (Å²) in [5.74, 6) is -0.907. The maximum Gasteiger partial charge on any atom is 0.393 e. The highest BCUT2D eigenvalue weighted by molar-refractivity contribution is 7.15. The molecule has 0 aliphatic carbocycles. The van der Waals surface area contributed by atoms with Crippen molar-refractivity contribution in [2.24, 2.45) is 5.73 Å². The number of carbonyl (C=O) groups is 1. The average molecular weight is 279 g/mol. The number of anilines is 1. The van der Waals surface area contributed by atoms with Crippen LogP contribution in [0, 0.1) is 0 Å². The summed E-state index contributed by atoms with van der Waals surface area (Å²) < 4.78 is 37.2. The average Bonchev–Trinajstić information content (AvgIpc) is 2.81. The number of hydrogen-bond donors (Lipinski definition) is 1. The Labute approximate surface area is 106 Å². The van der Waals surface area contributed by atoms with E-state index in [1.54, 1.807) is 0 Å². The van der Waals surface area contributed by atoms with Crippen LogP contribution >= 0.6 is 11.3 Å². The molecule has 1 fully saturated rings. The molecule has 4 nitrogen and oxygen atoms in total. The molecule has 1 amide bonds. The van der Waals surface area contributed by atoms with Crippen LogP contribution in [-0.2, 0) is 6.42 Å². The Kier molecular flexibility index (Phi) is 3.47. The van der Waals surface area contributed by atoms with E-state index < -0.39 is 18.5 Å². The van der Waals surface area contributed by atoms with Crippen molar-refractivity contribution in [1.29, 1.82) is 0 Å². The molecule has 2 N–H and O–H groups in total. The van der Waals surface area contributed by atoms with Gasteiger partial charge in [0.1, 0.15) is 5.69 Å². The highest BCUT2D eigenvalue weighted by Crippen LogP contribution is 2.33. The van der Waals surface area contributed by atoms with Gasteiger partial charge >= 0.3 is 6.18 Å². The molecule has 0 aromatic carbocycles. The molecule has 0 unspecified atom stereocenters. The van der Waals surface area contributed by atoms with E-state index >= 15 is 0 Å². The molecule has 1 aliphatic heterocycles. The predicted molar refractivity (Wildman–Crippen MR) is 61.8 cm³/mol. The number of hydrogen-bond acceptors (Lipinski definition) is 4. The number of alkyl halides is 3. The molecule has 2 heterocycles. The Bertz CT molecular complexity index is 452. The molecule has 0 radical (unpaired) electrons. The molecule has 0 saturated carbocycles. The first-order valence-corrected chi connectivity index (χ1v) is 6.29. The molecule has 2 rings (SSSR count). The number of amides is 1. The molecule has 0 spiro atoms. The number of nitrogens with zero attached hydrogens (tertiary/aromatic N) is 2. The van der Waals surface area contributed by atoms with Crippen molar-refractivity contribution in [1.82, 2.24) is 4.98 Å². The minimum absolute atomic E-state index is 0.100. The fourth-order valence-electron chi connectivity index (χ4n) is 1.88. The van der Waals surface area contributed by atoms with Crippen molar-refractivity contribution in [2.75, 3.05) is 18.0 Å². The zero-order valence-electron chi connectivity index (χ0n) is 9.46. The van der Waals surface area contributed by atoms with Crippen LogP contribution in [0.15, 0.2) is 0 Å². The lowest BCUT2D eigenvalue weighted by Gasteiger charge is -2.12. The third kappa shape index (κ3) is 2.92. The smallest absolute Gasteiger partial charge is 0.364 e. The molecule has 100 valence electrons. The Morgan fingerprint density at radius 3 is 2.50 bits per heavy atom. The van der Waals surface area contributed by atoms with Gasteiger partial charge in [-0.3, -0.25) is 4.79 Å². The van der Waals surface area contributed by atoms with Gasteiger partial charge in [0, 0.05) is 18.0 Å². The van der Waals surface area contributed by atoms with E-state index in [9.17, 15) is 18.0 Å². The monoisotopic (exact) mass is 279 g/mol. The molecule has 1 aromatic heterocycles. The Morgan fingerprint density at radius 2 is 2.00 bits per heavy atom. The molecule has 18 heavy (non-hydrogen) atoms. The van der Waals surface area contributed by atoms with E-state index in [1.165, 1.54) is 0 Å². The normalized spacial score (nSPS) is 16.3. The van der Waals surface area contributed by atoms with Gasteiger partial charge in [-0.2, -0.15) is 13.2 Å². The van der Waals surface area contributed by atoms with E-state index in [4.69, 9.17) is 5.73 Å². The number of nitrogens with two attached hydrogens (primary N) is 1. The first kappa shape index (κ1) is 13.1. The van der Waals surface area contributed by atoms with Gasteiger partial charge < -0.3 is 10.6 Å². The van der Waals surface area contributed by atoms with Crippen molar-refractivity contribution < 1.29 is 18.0 Å². The van der Waals surface area contributed by atoms with Crippen molar-refractivity contribution >= 4 is 22.4 Å². The van der Waals surface area contributed by atoms with Crippen LogP contribution in [0.1, 0.15) is 28.2 Å². The van der Waals surface area contributed by atoms with Crippen LogP contribution in [0.5, 0.6) is 0 Å². The highest BCUT2D eigenvalue weighted by atomic mass is 32.1. The number of carbonyl (C=O) groups excluding carboxylic acids is 1.